The molecule has 18 nitrogen and oxygen atoms in total. The standard InChI is InChI=1S/C58H71FN4O14/c1-52(2,3)75-50(70)61-30-41(49(69)62-38-17-15-36-29-60-22-20-35(36)23-38)34-13-11-33(12-14-34)31-72-47(67)25-39(63-51(71)76-53(4,5)6)26-48(68)73-32-45(66)58-46(74-54(7,8)77-58)27-43-42-18-16-37-24-40(64)19-21-55(37,9)57(42,59)44(65)28-56(43,58)10/h11-15,17,19-24,29,39,41-44,46,65H,16,18,25-28,30-32H2,1-10H3,(H,61,70)(H,62,69)(H,63,71)/t39?,41-,42+,43+,44+,46-,55+,56+,57+,58-/m1/s1. The van der Waals surface area contributed by atoms with Crippen LogP contribution in [0.3, 0.4) is 0 Å². The van der Waals surface area contributed by atoms with Gasteiger partial charge in [0.2, 0.25) is 11.7 Å². The molecule has 0 bridgehead atoms. The van der Waals surface area contributed by atoms with Crippen LogP contribution in [0, 0.1) is 22.7 Å². The van der Waals surface area contributed by atoms with Gasteiger partial charge in [0.1, 0.15) is 17.8 Å². The number of esters is 2. The maximum atomic E-state index is 17.9. The minimum Gasteiger partial charge on any atom is -0.461 e. The van der Waals surface area contributed by atoms with Crippen molar-refractivity contribution in [2.45, 2.75) is 167 Å². The lowest BCUT2D eigenvalue weighted by molar-refractivity contribution is -0.246. The molecule has 0 spiro atoms. The van der Waals surface area contributed by atoms with Gasteiger partial charge in [-0.05, 0) is 141 Å². The number of allylic oxidation sites excluding steroid dienone is 4. The fourth-order valence-electron chi connectivity index (χ4n) is 12.5. The van der Waals surface area contributed by atoms with Crippen molar-refractivity contribution >= 4 is 58.1 Å². The number of alkyl carbamates (subject to hydrolysis) is 2. The minimum atomic E-state index is -2.17. The van der Waals surface area contributed by atoms with Gasteiger partial charge in [-0.2, -0.15) is 0 Å². The number of carbonyl (C=O) groups is 7. The summed E-state index contributed by atoms with van der Waals surface area (Å²) in [6.45, 7) is 15.8. The van der Waals surface area contributed by atoms with Crippen LogP contribution in [-0.4, -0.2) is 111 Å². The van der Waals surface area contributed by atoms with Gasteiger partial charge < -0.3 is 49.5 Å². The van der Waals surface area contributed by atoms with Gasteiger partial charge in [0.05, 0.1) is 37.0 Å². The quantitative estimate of drug-likeness (QED) is 0.0828. The zero-order chi connectivity index (χ0) is 56.1. The molecule has 3 saturated carbocycles. The van der Waals surface area contributed by atoms with Crippen LogP contribution in [0.5, 0.6) is 0 Å². The number of hydrogen-bond donors (Lipinski definition) is 4. The molecule has 10 atom stereocenters. The van der Waals surface area contributed by atoms with E-state index in [0.717, 1.165) is 10.8 Å². The number of nitrogens with one attached hydrogen (secondary N) is 3. The molecule has 4 fully saturated rings. The number of anilines is 1. The van der Waals surface area contributed by atoms with Crippen molar-refractivity contribution in [2.24, 2.45) is 22.7 Å². The second kappa shape index (κ2) is 21.0. The number of aliphatic hydroxyl groups is 1. The molecule has 0 radical (unpaired) electrons. The number of rotatable bonds is 15. The van der Waals surface area contributed by atoms with Gasteiger partial charge in [-0.1, -0.05) is 48.9 Å². The molecule has 77 heavy (non-hydrogen) atoms. The van der Waals surface area contributed by atoms with Crippen LogP contribution >= 0.6 is 0 Å². The molecule has 19 heteroatoms. The van der Waals surface area contributed by atoms with Gasteiger partial charge in [0.15, 0.2) is 29.4 Å². The third-order valence-electron chi connectivity index (χ3n) is 15.8. The van der Waals surface area contributed by atoms with Crippen LogP contribution in [0.25, 0.3) is 10.8 Å². The topological polar surface area (TPSA) is 244 Å². The predicted molar refractivity (Wildman–Crippen MR) is 278 cm³/mol. The highest BCUT2D eigenvalue weighted by atomic mass is 19.1. The number of pyridine rings is 1. The first-order valence-corrected chi connectivity index (χ1v) is 26.2. The predicted octanol–water partition coefficient (Wildman–Crippen LogP) is 8.18. The number of halogens is 1. The number of fused-ring (bicyclic) bond motifs is 8. The van der Waals surface area contributed by atoms with Crippen molar-refractivity contribution in [3.8, 4) is 0 Å². The molecule has 1 saturated heterocycles. The van der Waals surface area contributed by atoms with Gasteiger partial charge in [-0.25, -0.2) is 14.0 Å². The Labute approximate surface area is 447 Å². The third-order valence-corrected chi connectivity index (χ3v) is 15.8. The zero-order valence-corrected chi connectivity index (χ0v) is 45.4. The number of hydrogen-bond acceptors (Lipinski definition) is 15. The summed E-state index contributed by atoms with van der Waals surface area (Å²) in [5.41, 5.74) is -5.85. The fourth-order valence-corrected chi connectivity index (χ4v) is 12.5. The first-order valence-electron chi connectivity index (χ1n) is 26.2. The number of ether oxygens (including phenoxy) is 6. The number of Topliss-reactive ketones (excluding diaryl/α,β-unsaturated/α-hetero) is 1. The Morgan fingerprint density at radius 3 is 2.23 bits per heavy atom. The van der Waals surface area contributed by atoms with Crippen molar-refractivity contribution in [2.75, 3.05) is 18.5 Å². The molecule has 3 amide bonds. The van der Waals surface area contributed by atoms with Crippen molar-refractivity contribution < 1.29 is 71.5 Å². The Morgan fingerprint density at radius 1 is 0.870 bits per heavy atom. The number of nitrogens with zero attached hydrogens (tertiary/aromatic N) is 1. The van der Waals surface area contributed by atoms with Crippen LogP contribution in [0.15, 0.2) is 84.7 Å². The van der Waals surface area contributed by atoms with Crippen LogP contribution in [0.1, 0.15) is 125 Å². The van der Waals surface area contributed by atoms with E-state index in [9.17, 15) is 38.7 Å². The van der Waals surface area contributed by atoms with Gasteiger partial charge >= 0.3 is 24.1 Å². The van der Waals surface area contributed by atoms with Gasteiger partial charge in [0, 0.05) is 46.8 Å². The number of aromatic nitrogens is 1. The molecule has 5 aliphatic rings. The fraction of sp³-hybridized carbons (Fsp3) is 0.552. The normalized spacial score (nSPS) is 28.8. The molecule has 1 aromatic heterocycles. The van der Waals surface area contributed by atoms with Crippen molar-refractivity contribution in [3.05, 3.63) is 95.9 Å². The van der Waals surface area contributed by atoms with E-state index in [-0.39, 0.29) is 31.8 Å². The van der Waals surface area contributed by atoms with Crippen molar-refractivity contribution in [3.63, 3.8) is 0 Å². The van der Waals surface area contributed by atoms with E-state index in [1.54, 1.807) is 118 Å². The van der Waals surface area contributed by atoms with Crippen LogP contribution in [0.4, 0.5) is 19.7 Å². The first-order chi connectivity index (χ1) is 35.9. The molecule has 414 valence electrons. The van der Waals surface area contributed by atoms with Crippen LogP contribution in [0.2, 0.25) is 0 Å². The largest absolute Gasteiger partial charge is 0.461 e. The van der Waals surface area contributed by atoms with E-state index in [2.05, 4.69) is 20.9 Å². The summed E-state index contributed by atoms with van der Waals surface area (Å²) in [4.78, 5) is 98.0. The average molecular weight is 1070 g/mol. The summed E-state index contributed by atoms with van der Waals surface area (Å²) < 4.78 is 53.0. The lowest BCUT2D eigenvalue weighted by Gasteiger charge is -2.62. The lowest BCUT2D eigenvalue weighted by Crippen LogP contribution is -2.70. The number of alkyl halides is 1. The molecule has 2 aromatic carbocycles. The number of ketones is 2. The lowest BCUT2D eigenvalue weighted by atomic mass is 9.44. The van der Waals surface area contributed by atoms with Crippen molar-refractivity contribution in [1.29, 1.82) is 0 Å². The Bertz CT molecular complexity index is 2890. The summed E-state index contributed by atoms with van der Waals surface area (Å²) in [7, 11) is 0. The second-order valence-electron chi connectivity index (χ2n) is 23.9. The molecule has 2 heterocycles. The Hall–Kier alpha value is -6.57. The Morgan fingerprint density at radius 2 is 1.55 bits per heavy atom. The molecular formula is C58H71FN4O14. The van der Waals surface area contributed by atoms with Gasteiger partial charge in [-0.3, -0.25) is 29.0 Å². The Kier molecular flexibility index (Phi) is 15.4. The van der Waals surface area contributed by atoms with E-state index < -0.39 is 130 Å². The zero-order valence-electron chi connectivity index (χ0n) is 45.4. The van der Waals surface area contributed by atoms with Gasteiger partial charge in [0.25, 0.3) is 0 Å². The summed E-state index contributed by atoms with van der Waals surface area (Å²) >= 11 is 0. The number of benzene rings is 2. The van der Waals surface area contributed by atoms with E-state index in [0.29, 0.717) is 35.2 Å². The summed E-state index contributed by atoms with van der Waals surface area (Å²) in [6, 6.07) is 12.7. The monoisotopic (exact) mass is 1070 g/mol. The second-order valence-corrected chi connectivity index (χ2v) is 23.9. The molecule has 4 N–H and O–H groups in total. The van der Waals surface area contributed by atoms with Crippen molar-refractivity contribution in [1.82, 2.24) is 15.6 Å². The summed E-state index contributed by atoms with van der Waals surface area (Å²) in [5, 5.41) is 21.9. The summed E-state index contributed by atoms with van der Waals surface area (Å²) in [6.07, 6.45) is 3.34. The molecule has 4 aliphatic carbocycles. The van der Waals surface area contributed by atoms with Crippen LogP contribution < -0.4 is 16.0 Å². The highest BCUT2D eigenvalue weighted by molar-refractivity contribution is 6.01. The smallest absolute Gasteiger partial charge is 0.407 e. The molecule has 8 rings (SSSR count). The van der Waals surface area contributed by atoms with Crippen LogP contribution in [-0.2, 0) is 59.0 Å². The highest BCUT2D eigenvalue weighted by Gasteiger charge is 2.80. The molecular weight excluding hydrogens is 996 g/mol. The number of amides is 3. The Balaban J connectivity index is 0.924. The molecule has 1 unspecified atom stereocenters. The molecule has 3 aromatic rings. The van der Waals surface area contributed by atoms with E-state index >= 15 is 4.39 Å². The van der Waals surface area contributed by atoms with E-state index in [1.807, 2.05) is 18.2 Å². The highest BCUT2D eigenvalue weighted by Crippen LogP contribution is 2.72. The van der Waals surface area contributed by atoms with E-state index in [4.69, 9.17) is 28.4 Å². The number of carbonyl (C=O) groups excluding carboxylic acids is 7. The maximum absolute atomic E-state index is 17.9. The SMILES string of the molecule is CC(C)(C)OC(=O)NC[C@@H](C(=O)Nc1ccc2cnccc2c1)c1ccc(COC(=O)CC(CC(=O)OCC(=O)[C@@]23OC(C)(C)O[C@@H]2C[C@H]2[C@@H]4CCC5=CC(=O)C=C[C@]5(C)[C@@]4(F)[C@@H](O)C[C@@]23C)NC(=O)OC(C)(C)C)cc1. The summed E-state index contributed by atoms with van der Waals surface area (Å²) in [5.74, 6) is -6.43. The molecule has 1 aliphatic heterocycles. The number of aliphatic hydroxyl groups excluding tert-OH is 1. The van der Waals surface area contributed by atoms with E-state index in [1.165, 1.54) is 12.2 Å². The van der Waals surface area contributed by atoms with Gasteiger partial charge in [-0.15, -0.1) is 0 Å². The third kappa shape index (κ3) is 11.5. The maximum Gasteiger partial charge on any atom is 0.407 e. The minimum absolute atomic E-state index is 0.107. The first kappa shape index (κ1) is 56.6. The average Bonchev–Trinajstić information content (AvgIpc) is 3.76.